The van der Waals surface area contributed by atoms with E-state index in [1.807, 2.05) is 0 Å². The Morgan fingerprint density at radius 1 is 1.10 bits per heavy atom. The lowest BCUT2D eigenvalue weighted by molar-refractivity contribution is -0.144. The number of carbonyl (C=O) groups is 2. The summed E-state index contributed by atoms with van der Waals surface area (Å²) in [4.78, 5) is 24.2. The molecule has 2 fully saturated rings. The molecule has 0 atom stereocenters. The molecule has 0 saturated heterocycles. The average Bonchev–Trinajstić information content (AvgIpc) is 3.49. The molecule has 2 aromatic carbocycles. The van der Waals surface area contributed by atoms with Gasteiger partial charge in [-0.1, -0.05) is 35.3 Å². The fourth-order valence-electron chi connectivity index (χ4n) is 3.53. The lowest BCUT2D eigenvalue weighted by Crippen LogP contribution is -2.34. The third-order valence-corrected chi connectivity index (χ3v) is 6.01. The quantitative estimate of drug-likeness (QED) is 0.635. The van der Waals surface area contributed by atoms with Crippen LogP contribution in [0.5, 0.6) is 5.75 Å². The summed E-state index contributed by atoms with van der Waals surface area (Å²) in [5, 5.41) is 3.54. The molecule has 0 aromatic heterocycles. The number of ether oxygens (including phenoxy) is 2. The van der Waals surface area contributed by atoms with Gasteiger partial charge in [0.15, 0.2) is 6.61 Å². The van der Waals surface area contributed by atoms with Crippen molar-refractivity contribution < 1.29 is 23.5 Å². The molecule has 2 aliphatic rings. The second kappa shape index (κ2) is 7.50. The van der Waals surface area contributed by atoms with Crippen LogP contribution in [0.2, 0.25) is 10.0 Å². The molecule has 2 saturated carbocycles. The lowest BCUT2D eigenvalue weighted by Gasteiger charge is -2.09. The molecule has 0 spiro atoms. The fourth-order valence-corrected chi connectivity index (χ4v) is 3.78. The molecule has 1 amide bonds. The Morgan fingerprint density at radius 2 is 1.83 bits per heavy atom. The summed E-state index contributed by atoms with van der Waals surface area (Å²) >= 11 is 11.4. The number of benzene rings is 2. The van der Waals surface area contributed by atoms with Gasteiger partial charge in [-0.05, 0) is 42.7 Å². The highest BCUT2D eigenvalue weighted by Crippen LogP contribution is 2.78. The largest absolute Gasteiger partial charge is 0.484 e. The predicted octanol–water partition coefficient (Wildman–Crippen LogP) is 3.95. The van der Waals surface area contributed by atoms with Gasteiger partial charge >= 0.3 is 5.97 Å². The van der Waals surface area contributed by atoms with E-state index in [1.54, 1.807) is 24.3 Å². The molecular formula is C21H18Cl2FNO4. The van der Waals surface area contributed by atoms with Crippen LogP contribution in [0.3, 0.4) is 0 Å². The first-order valence-electron chi connectivity index (χ1n) is 9.10. The zero-order chi connectivity index (χ0) is 20.6. The third-order valence-electron chi connectivity index (χ3n) is 5.46. The van der Waals surface area contributed by atoms with E-state index in [4.69, 9.17) is 32.7 Å². The van der Waals surface area contributed by atoms with Gasteiger partial charge in [-0.15, -0.1) is 0 Å². The van der Waals surface area contributed by atoms with Crippen molar-refractivity contribution in [3.8, 4) is 5.75 Å². The Kier molecular flexibility index (Phi) is 5.17. The van der Waals surface area contributed by atoms with E-state index in [0.29, 0.717) is 5.02 Å². The first-order chi connectivity index (χ1) is 13.8. The van der Waals surface area contributed by atoms with Crippen molar-refractivity contribution in [2.75, 3.05) is 13.2 Å². The van der Waals surface area contributed by atoms with E-state index < -0.39 is 5.82 Å². The Labute approximate surface area is 177 Å². The summed E-state index contributed by atoms with van der Waals surface area (Å²) in [5.41, 5.74) is 0.364. The van der Waals surface area contributed by atoms with Crippen molar-refractivity contribution in [2.24, 2.45) is 5.41 Å². The number of carbonyl (C=O) groups excluding carboxylic acids is 2. The molecule has 29 heavy (non-hydrogen) atoms. The van der Waals surface area contributed by atoms with Crippen molar-refractivity contribution in [3.63, 3.8) is 0 Å². The van der Waals surface area contributed by atoms with E-state index >= 15 is 0 Å². The minimum Gasteiger partial charge on any atom is -0.484 e. The van der Waals surface area contributed by atoms with E-state index in [9.17, 15) is 14.0 Å². The molecule has 4 rings (SSSR count). The number of hydrogen-bond acceptors (Lipinski definition) is 4. The monoisotopic (exact) mass is 437 g/mol. The van der Waals surface area contributed by atoms with Gasteiger partial charge in [0.05, 0.1) is 23.6 Å². The number of hydrogen-bond donors (Lipinski definition) is 1. The van der Waals surface area contributed by atoms with Crippen LogP contribution in [-0.2, 0) is 20.7 Å². The highest BCUT2D eigenvalue weighted by molar-refractivity contribution is 6.30. The van der Waals surface area contributed by atoms with Crippen LogP contribution in [0.1, 0.15) is 18.4 Å². The minimum absolute atomic E-state index is 0.00737. The number of esters is 1. The van der Waals surface area contributed by atoms with Gasteiger partial charge in [-0.2, -0.15) is 0 Å². The molecule has 5 nitrogen and oxygen atoms in total. The van der Waals surface area contributed by atoms with Crippen molar-refractivity contribution >= 4 is 35.1 Å². The second-order valence-corrected chi connectivity index (χ2v) is 8.44. The van der Waals surface area contributed by atoms with E-state index in [-0.39, 0.29) is 53.2 Å². The highest BCUT2D eigenvalue weighted by atomic mass is 35.5. The number of fused-ring (bicyclic) bond motifs is 1. The van der Waals surface area contributed by atoms with Gasteiger partial charge in [0.1, 0.15) is 11.6 Å². The first-order valence-corrected chi connectivity index (χ1v) is 9.85. The molecule has 0 bridgehead atoms. The summed E-state index contributed by atoms with van der Waals surface area (Å²) in [6.45, 7) is 0.0538. The van der Waals surface area contributed by atoms with E-state index in [0.717, 1.165) is 24.5 Å². The van der Waals surface area contributed by atoms with Crippen LogP contribution >= 0.6 is 23.2 Å². The Balaban J connectivity index is 1.19. The van der Waals surface area contributed by atoms with Gasteiger partial charge in [-0.25, -0.2) is 4.39 Å². The SMILES string of the molecule is O=C(COc1ccc(Cl)c(F)c1)NC12CC1(COC(=O)Cc1ccc(Cl)cc1)C2. The molecule has 2 aromatic rings. The van der Waals surface area contributed by atoms with Crippen molar-refractivity contribution in [1.29, 1.82) is 0 Å². The van der Waals surface area contributed by atoms with Crippen LogP contribution in [0, 0.1) is 11.2 Å². The number of halogens is 3. The molecule has 0 unspecified atom stereocenters. The smallest absolute Gasteiger partial charge is 0.310 e. The van der Waals surface area contributed by atoms with Crippen LogP contribution in [-0.4, -0.2) is 30.6 Å². The maximum absolute atomic E-state index is 13.4. The van der Waals surface area contributed by atoms with Crippen molar-refractivity contribution in [1.82, 2.24) is 5.32 Å². The van der Waals surface area contributed by atoms with E-state index in [2.05, 4.69) is 5.32 Å². The molecular weight excluding hydrogens is 420 g/mol. The zero-order valence-electron chi connectivity index (χ0n) is 15.3. The molecule has 2 aliphatic carbocycles. The van der Waals surface area contributed by atoms with Crippen LogP contribution in [0.4, 0.5) is 4.39 Å². The summed E-state index contributed by atoms with van der Waals surface area (Å²) in [5.74, 6) is -0.985. The first kappa shape index (κ1) is 20.0. The normalized spacial score (nSPS) is 23.7. The van der Waals surface area contributed by atoms with Gasteiger partial charge in [-0.3, -0.25) is 9.59 Å². The summed E-state index contributed by atoms with van der Waals surface area (Å²) < 4.78 is 24.1. The Morgan fingerprint density at radius 3 is 2.52 bits per heavy atom. The Bertz CT molecular complexity index is 958. The third kappa shape index (κ3) is 4.33. The molecule has 8 heteroatoms. The highest BCUT2D eigenvalue weighted by Gasteiger charge is 2.84. The fraction of sp³-hybridized carbons (Fsp3) is 0.333. The molecule has 0 radical (unpaired) electrons. The molecule has 0 aliphatic heterocycles. The number of amides is 1. The Hall–Kier alpha value is -2.31. The van der Waals surface area contributed by atoms with Crippen molar-refractivity contribution in [3.05, 3.63) is 63.9 Å². The standard InChI is InChI=1S/C21H18Cl2FNO4/c22-14-3-1-13(2-4-14)7-19(27)29-12-20-10-21(20,11-20)25-18(26)9-28-15-5-6-16(23)17(24)8-15/h1-6,8H,7,9-12H2,(H,25,26). The molecule has 1 N–H and O–H groups in total. The predicted molar refractivity (Wildman–Crippen MR) is 106 cm³/mol. The maximum Gasteiger partial charge on any atom is 0.310 e. The maximum atomic E-state index is 13.4. The molecule has 0 heterocycles. The lowest BCUT2D eigenvalue weighted by atomic mass is 10.1. The van der Waals surface area contributed by atoms with Gasteiger partial charge in [0, 0.05) is 16.5 Å². The number of rotatable bonds is 8. The molecule has 152 valence electrons. The zero-order valence-corrected chi connectivity index (χ0v) is 16.9. The van der Waals surface area contributed by atoms with Crippen LogP contribution in [0.15, 0.2) is 42.5 Å². The minimum atomic E-state index is -0.605. The van der Waals surface area contributed by atoms with Crippen LogP contribution in [0.25, 0.3) is 0 Å². The van der Waals surface area contributed by atoms with Gasteiger partial charge in [0.25, 0.3) is 5.91 Å². The van der Waals surface area contributed by atoms with Gasteiger partial charge < -0.3 is 14.8 Å². The average molecular weight is 438 g/mol. The van der Waals surface area contributed by atoms with Crippen LogP contribution < -0.4 is 10.1 Å². The number of nitrogens with one attached hydrogen (secondary N) is 1. The van der Waals surface area contributed by atoms with E-state index in [1.165, 1.54) is 12.1 Å². The topological polar surface area (TPSA) is 64.6 Å². The summed E-state index contributed by atoms with van der Waals surface area (Å²) in [6, 6.07) is 11.0. The van der Waals surface area contributed by atoms with Crippen molar-refractivity contribution in [2.45, 2.75) is 24.8 Å². The van der Waals surface area contributed by atoms with Gasteiger partial charge in [0.2, 0.25) is 0 Å². The summed E-state index contributed by atoms with van der Waals surface area (Å²) in [6.07, 6.45) is 1.73. The summed E-state index contributed by atoms with van der Waals surface area (Å²) in [7, 11) is 0. The second-order valence-electron chi connectivity index (χ2n) is 7.59.